The summed E-state index contributed by atoms with van der Waals surface area (Å²) in [6, 6.07) is 3.65. The highest BCUT2D eigenvalue weighted by molar-refractivity contribution is 5.96. The lowest BCUT2D eigenvalue weighted by atomic mass is 9.96. The standard InChI is InChI=1S/C17H26N2O3.ClH/c1-12-9-15(21-3)16(22-4)10-14(12)17(20)19-7-5-13(6-8-19)11-18-2;/h9-10,13,18H,5-8,11H2,1-4H3;1H. The van der Waals surface area contributed by atoms with E-state index in [9.17, 15) is 4.79 Å². The normalized spacial score (nSPS) is 15.0. The molecule has 0 aromatic heterocycles. The Balaban J connectivity index is 0.00000264. The summed E-state index contributed by atoms with van der Waals surface area (Å²) in [7, 11) is 5.17. The molecule has 0 saturated carbocycles. The first-order chi connectivity index (χ1) is 10.6. The van der Waals surface area contributed by atoms with Gasteiger partial charge < -0.3 is 19.7 Å². The number of aryl methyl sites for hydroxylation is 1. The number of carbonyl (C=O) groups excluding carboxylic acids is 1. The van der Waals surface area contributed by atoms with Gasteiger partial charge in [0, 0.05) is 18.7 Å². The molecule has 0 spiro atoms. The molecule has 130 valence electrons. The van der Waals surface area contributed by atoms with Crippen LogP contribution in [0.25, 0.3) is 0 Å². The van der Waals surface area contributed by atoms with Gasteiger partial charge in [0.1, 0.15) is 0 Å². The van der Waals surface area contributed by atoms with Crippen LogP contribution >= 0.6 is 12.4 Å². The Morgan fingerprint density at radius 3 is 2.30 bits per heavy atom. The molecule has 1 aromatic carbocycles. The summed E-state index contributed by atoms with van der Waals surface area (Å²) in [4.78, 5) is 14.7. The van der Waals surface area contributed by atoms with Crippen LogP contribution in [0, 0.1) is 12.8 Å². The van der Waals surface area contributed by atoms with Crippen molar-refractivity contribution in [1.82, 2.24) is 10.2 Å². The molecule has 0 unspecified atom stereocenters. The van der Waals surface area contributed by atoms with Gasteiger partial charge in [-0.25, -0.2) is 0 Å². The van der Waals surface area contributed by atoms with Crippen molar-refractivity contribution in [2.45, 2.75) is 19.8 Å². The van der Waals surface area contributed by atoms with Gasteiger partial charge in [0.25, 0.3) is 5.91 Å². The molecule has 1 heterocycles. The Kier molecular flexibility index (Phi) is 7.65. The van der Waals surface area contributed by atoms with Crippen LogP contribution in [-0.4, -0.2) is 51.7 Å². The van der Waals surface area contributed by atoms with Crippen molar-refractivity contribution in [3.63, 3.8) is 0 Å². The summed E-state index contributed by atoms with van der Waals surface area (Å²) in [5, 5.41) is 3.22. The van der Waals surface area contributed by atoms with E-state index in [-0.39, 0.29) is 18.3 Å². The van der Waals surface area contributed by atoms with Gasteiger partial charge in [-0.2, -0.15) is 0 Å². The fourth-order valence-corrected chi connectivity index (χ4v) is 3.01. The molecule has 1 fully saturated rings. The number of hydrogen-bond acceptors (Lipinski definition) is 4. The molecule has 23 heavy (non-hydrogen) atoms. The maximum atomic E-state index is 12.8. The average molecular weight is 343 g/mol. The maximum absolute atomic E-state index is 12.8. The van der Waals surface area contributed by atoms with Crippen LogP contribution in [-0.2, 0) is 0 Å². The highest BCUT2D eigenvalue weighted by Crippen LogP contribution is 2.31. The smallest absolute Gasteiger partial charge is 0.254 e. The fraction of sp³-hybridized carbons (Fsp3) is 0.588. The summed E-state index contributed by atoms with van der Waals surface area (Å²) in [6.45, 7) is 4.60. The Morgan fingerprint density at radius 1 is 1.22 bits per heavy atom. The number of piperidine rings is 1. The molecular formula is C17H27ClN2O3. The molecule has 0 aliphatic carbocycles. The van der Waals surface area contributed by atoms with E-state index in [1.165, 1.54) is 0 Å². The van der Waals surface area contributed by atoms with Gasteiger partial charge in [-0.1, -0.05) is 0 Å². The lowest BCUT2D eigenvalue weighted by Gasteiger charge is -2.32. The van der Waals surface area contributed by atoms with E-state index in [0.717, 1.165) is 38.0 Å². The predicted octanol–water partition coefficient (Wildman–Crippen LogP) is 2.51. The Labute approximate surface area is 144 Å². The summed E-state index contributed by atoms with van der Waals surface area (Å²) < 4.78 is 10.6. The maximum Gasteiger partial charge on any atom is 0.254 e. The van der Waals surface area contributed by atoms with Gasteiger partial charge in [0.15, 0.2) is 11.5 Å². The van der Waals surface area contributed by atoms with E-state index in [4.69, 9.17) is 9.47 Å². The number of benzene rings is 1. The van der Waals surface area contributed by atoms with E-state index in [1.54, 1.807) is 20.3 Å². The van der Waals surface area contributed by atoms with Gasteiger partial charge >= 0.3 is 0 Å². The summed E-state index contributed by atoms with van der Waals surface area (Å²) >= 11 is 0. The number of ether oxygens (including phenoxy) is 2. The summed E-state index contributed by atoms with van der Waals surface area (Å²) in [6.07, 6.45) is 2.11. The second-order valence-electron chi connectivity index (χ2n) is 5.82. The molecule has 0 radical (unpaired) electrons. The summed E-state index contributed by atoms with van der Waals surface area (Å²) in [5.74, 6) is 2.01. The van der Waals surface area contributed by atoms with Crippen molar-refractivity contribution in [1.29, 1.82) is 0 Å². The third-order valence-corrected chi connectivity index (χ3v) is 4.36. The van der Waals surface area contributed by atoms with Crippen molar-refractivity contribution in [3.05, 3.63) is 23.3 Å². The first-order valence-electron chi connectivity index (χ1n) is 7.77. The SMILES string of the molecule is CNCC1CCN(C(=O)c2cc(OC)c(OC)cc2C)CC1.Cl. The van der Waals surface area contributed by atoms with Crippen LogP contribution in [0.15, 0.2) is 12.1 Å². The lowest BCUT2D eigenvalue weighted by molar-refractivity contribution is 0.0689. The van der Waals surface area contributed by atoms with Crippen molar-refractivity contribution < 1.29 is 14.3 Å². The van der Waals surface area contributed by atoms with Crippen LogP contribution in [0.4, 0.5) is 0 Å². The molecule has 0 atom stereocenters. The van der Waals surface area contributed by atoms with E-state index >= 15 is 0 Å². The largest absolute Gasteiger partial charge is 0.493 e. The molecule has 1 saturated heterocycles. The zero-order valence-electron chi connectivity index (χ0n) is 14.3. The van der Waals surface area contributed by atoms with Gasteiger partial charge in [-0.15, -0.1) is 12.4 Å². The first-order valence-corrected chi connectivity index (χ1v) is 7.77. The number of carbonyl (C=O) groups is 1. The molecular weight excluding hydrogens is 316 g/mol. The van der Waals surface area contributed by atoms with Crippen molar-refractivity contribution in [3.8, 4) is 11.5 Å². The van der Waals surface area contributed by atoms with E-state index in [1.807, 2.05) is 24.9 Å². The number of methoxy groups -OCH3 is 2. The molecule has 0 bridgehead atoms. The van der Waals surface area contributed by atoms with Crippen LogP contribution in [0.5, 0.6) is 11.5 Å². The van der Waals surface area contributed by atoms with Crippen LogP contribution in [0.1, 0.15) is 28.8 Å². The van der Waals surface area contributed by atoms with Crippen LogP contribution < -0.4 is 14.8 Å². The molecule has 6 heteroatoms. The third-order valence-electron chi connectivity index (χ3n) is 4.36. The number of rotatable bonds is 5. The second kappa shape index (κ2) is 8.99. The minimum absolute atomic E-state index is 0. The summed E-state index contributed by atoms with van der Waals surface area (Å²) in [5.41, 5.74) is 1.62. The van der Waals surface area contributed by atoms with Crippen molar-refractivity contribution in [2.75, 3.05) is 40.9 Å². The Morgan fingerprint density at radius 2 is 1.78 bits per heavy atom. The van der Waals surface area contributed by atoms with Crippen molar-refractivity contribution in [2.24, 2.45) is 5.92 Å². The zero-order valence-corrected chi connectivity index (χ0v) is 15.2. The van der Waals surface area contributed by atoms with E-state index < -0.39 is 0 Å². The topological polar surface area (TPSA) is 50.8 Å². The van der Waals surface area contributed by atoms with E-state index in [0.29, 0.717) is 23.0 Å². The van der Waals surface area contributed by atoms with Crippen LogP contribution in [0.2, 0.25) is 0 Å². The lowest BCUT2D eigenvalue weighted by Crippen LogP contribution is -2.40. The molecule has 5 nitrogen and oxygen atoms in total. The van der Waals surface area contributed by atoms with Crippen LogP contribution in [0.3, 0.4) is 0 Å². The minimum atomic E-state index is 0. The fourth-order valence-electron chi connectivity index (χ4n) is 3.01. The number of amides is 1. The van der Waals surface area contributed by atoms with Gasteiger partial charge in [0.2, 0.25) is 0 Å². The third kappa shape index (κ3) is 4.52. The van der Waals surface area contributed by atoms with Gasteiger partial charge in [-0.05, 0) is 57.0 Å². The molecule has 1 N–H and O–H groups in total. The van der Waals surface area contributed by atoms with Gasteiger partial charge in [-0.3, -0.25) is 4.79 Å². The predicted molar refractivity (Wildman–Crippen MR) is 94.1 cm³/mol. The highest BCUT2D eigenvalue weighted by Gasteiger charge is 2.25. The number of nitrogens with one attached hydrogen (secondary N) is 1. The number of hydrogen-bond donors (Lipinski definition) is 1. The average Bonchev–Trinajstić information content (AvgIpc) is 2.55. The Hall–Kier alpha value is -1.46. The zero-order chi connectivity index (χ0) is 16.1. The highest BCUT2D eigenvalue weighted by atomic mass is 35.5. The first kappa shape index (κ1) is 19.6. The van der Waals surface area contributed by atoms with Crippen molar-refractivity contribution >= 4 is 18.3 Å². The number of nitrogens with zero attached hydrogens (tertiary/aromatic N) is 1. The Bertz CT molecular complexity index is 529. The minimum Gasteiger partial charge on any atom is -0.493 e. The molecule has 1 aromatic rings. The second-order valence-corrected chi connectivity index (χ2v) is 5.82. The quantitative estimate of drug-likeness (QED) is 0.893. The van der Waals surface area contributed by atoms with Gasteiger partial charge in [0.05, 0.1) is 14.2 Å². The molecule has 1 amide bonds. The monoisotopic (exact) mass is 342 g/mol. The molecule has 1 aliphatic heterocycles. The number of halogens is 1. The number of likely N-dealkylation sites (tertiary alicyclic amines) is 1. The van der Waals surface area contributed by atoms with E-state index in [2.05, 4.69) is 5.32 Å². The molecule has 2 rings (SSSR count). The molecule has 1 aliphatic rings.